The first-order valence-corrected chi connectivity index (χ1v) is 8.09. The van der Waals surface area contributed by atoms with E-state index in [1.807, 2.05) is 30.3 Å². The lowest BCUT2D eigenvalue weighted by Crippen LogP contribution is -2.19. The summed E-state index contributed by atoms with van der Waals surface area (Å²) in [5.74, 6) is -0.176. The Morgan fingerprint density at radius 1 is 1.04 bits per heavy atom. The molecular weight excluding hydrogens is 330 g/mol. The molecule has 1 N–H and O–H groups in total. The number of thiazole rings is 1. The first kappa shape index (κ1) is 15.5. The number of aromatic nitrogens is 1. The van der Waals surface area contributed by atoms with E-state index in [4.69, 9.17) is 11.6 Å². The van der Waals surface area contributed by atoms with Crippen LogP contribution in [0.3, 0.4) is 0 Å². The van der Waals surface area contributed by atoms with Crippen molar-refractivity contribution in [2.45, 2.75) is 0 Å². The van der Waals surface area contributed by atoms with Crippen LogP contribution in [-0.2, 0) is 0 Å². The zero-order chi connectivity index (χ0) is 16.2. The van der Waals surface area contributed by atoms with Crippen molar-refractivity contribution >= 4 is 40.9 Å². The highest BCUT2D eigenvalue weighted by Crippen LogP contribution is 2.10. The summed E-state index contributed by atoms with van der Waals surface area (Å²) in [5.41, 5.74) is 1.27. The number of benzene rings is 2. The van der Waals surface area contributed by atoms with Gasteiger partial charge in [-0.05, 0) is 35.9 Å². The summed E-state index contributed by atoms with van der Waals surface area (Å²) in [7, 11) is 0. The van der Waals surface area contributed by atoms with Gasteiger partial charge in [-0.25, -0.2) is 0 Å². The maximum atomic E-state index is 12.2. The van der Waals surface area contributed by atoms with Gasteiger partial charge in [0.25, 0.3) is 5.56 Å². The van der Waals surface area contributed by atoms with Crippen molar-refractivity contribution in [2.75, 3.05) is 0 Å². The third-order valence-corrected chi connectivity index (χ3v) is 4.38. The molecule has 3 nitrogen and oxygen atoms in total. The van der Waals surface area contributed by atoms with E-state index in [1.165, 1.54) is 17.4 Å². The summed E-state index contributed by atoms with van der Waals surface area (Å²) >= 11 is 7.06. The number of halogens is 1. The number of ketones is 1. The molecule has 0 atom stereocenters. The Labute approximate surface area is 141 Å². The minimum Gasteiger partial charge on any atom is -0.313 e. The van der Waals surface area contributed by atoms with Crippen LogP contribution in [-0.4, -0.2) is 10.8 Å². The lowest BCUT2D eigenvalue weighted by atomic mass is 10.1. The van der Waals surface area contributed by atoms with Crippen LogP contribution in [0.15, 0.2) is 59.4 Å². The molecule has 0 aliphatic heterocycles. The van der Waals surface area contributed by atoms with E-state index in [0.29, 0.717) is 19.8 Å². The van der Waals surface area contributed by atoms with Gasteiger partial charge in [0, 0.05) is 16.7 Å². The summed E-state index contributed by atoms with van der Waals surface area (Å²) in [6, 6.07) is 16.2. The molecule has 0 unspecified atom stereocenters. The van der Waals surface area contributed by atoms with E-state index in [-0.39, 0.29) is 11.3 Å². The van der Waals surface area contributed by atoms with Crippen molar-refractivity contribution in [1.29, 1.82) is 0 Å². The van der Waals surface area contributed by atoms with Gasteiger partial charge in [0.15, 0.2) is 5.78 Å². The topological polar surface area (TPSA) is 49.9 Å². The Balaban J connectivity index is 1.97. The van der Waals surface area contributed by atoms with Crippen LogP contribution < -0.4 is 14.8 Å². The van der Waals surface area contributed by atoms with Crippen molar-refractivity contribution in [3.05, 3.63) is 90.3 Å². The normalized spacial score (nSPS) is 12.6. The van der Waals surface area contributed by atoms with Crippen LogP contribution in [0.5, 0.6) is 0 Å². The van der Waals surface area contributed by atoms with E-state index in [0.717, 1.165) is 5.56 Å². The number of nitrogens with one attached hydrogen (secondary N) is 1. The average molecular weight is 342 g/mol. The fourth-order valence-electron chi connectivity index (χ4n) is 2.04. The fraction of sp³-hybridized carbons (Fsp3) is 0. The molecule has 2 aromatic carbocycles. The van der Waals surface area contributed by atoms with Gasteiger partial charge in [-0.1, -0.05) is 41.9 Å². The van der Waals surface area contributed by atoms with Gasteiger partial charge in [-0.2, -0.15) is 0 Å². The molecule has 0 radical (unpaired) electrons. The number of carbonyl (C=O) groups excluding carboxylic acids is 1. The van der Waals surface area contributed by atoms with Crippen LogP contribution in [0.25, 0.3) is 12.2 Å². The van der Waals surface area contributed by atoms with Gasteiger partial charge in [0.05, 0.1) is 9.20 Å². The third kappa shape index (κ3) is 3.86. The van der Waals surface area contributed by atoms with Crippen molar-refractivity contribution < 1.29 is 4.79 Å². The predicted octanol–water partition coefficient (Wildman–Crippen LogP) is 2.58. The molecule has 0 saturated heterocycles. The molecule has 0 bridgehead atoms. The number of hydrogen-bond acceptors (Lipinski definition) is 3. The minimum absolute atomic E-state index is 0.176. The van der Waals surface area contributed by atoms with Crippen LogP contribution in [0.1, 0.15) is 15.9 Å². The lowest BCUT2D eigenvalue weighted by Gasteiger charge is -1.94. The SMILES string of the molecule is O=C(/C=c1\[nH]c(=O)/c(=C\c2ccccc2)s1)c1ccc(Cl)cc1. The Morgan fingerprint density at radius 3 is 2.43 bits per heavy atom. The fourth-order valence-corrected chi connectivity index (χ4v) is 3.05. The highest BCUT2D eigenvalue weighted by atomic mass is 35.5. The van der Waals surface area contributed by atoms with E-state index >= 15 is 0 Å². The molecular formula is C18H12ClNO2S. The van der Waals surface area contributed by atoms with Gasteiger partial charge < -0.3 is 4.98 Å². The van der Waals surface area contributed by atoms with Crippen molar-refractivity contribution in [2.24, 2.45) is 0 Å². The summed E-state index contributed by atoms with van der Waals surface area (Å²) < 4.78 is 1.09. The highest BCUT2D eigenvalue weighted by molar-refractivity contribution is 7.07. The van der Waals surface area contributed by atoms with Crippen LogP contribution in [0.4, 0.5) is 0 Å². The quantitative estimate of drug-likeness (QED) is 0.744. The van der Waals surface area contributed by atoms with E-state index in [2.05, 4.69) is 4.98 Å². The molecule has 3 rings (SSSR count). The van der Waals surface area contributed by atoms with Gasteiger partial charge in [-0.15, -0.1) is 11.3 Å². The summed E-state index contributed by atoms with van der Waals surface area (Å²) in [6.07, 6.45) is 3.23. The van der Waals surface area contributed by atoms with Crippen LogP contribution in [0, 0.1) is 0 Å². The molecule has 0 aliphatic carbocycles. The number of hydrogen-bond donors (Lipinski definition) is 1. The summed E-state index contributed by atoms with van der Waals surface area (Å²) in [5, 5.41) is 0.575. The number of aromatic amines is 1. The molecule has 5 heteroatoms. The Morgan fingerprint density at radius 2 is 1.74 bits per heavy atom. The number of Topliss-reactive ketones (excluding diaryl/α,β-unsaturated/α-hetero) is 1. The van der Waals surface area contributed by atoms with E-state index in [1.54, 1.807) is 30.3 Å². The summed E-state index contributed by atoms with van der Waals surface area (Å²) in [6.45, 7) is 0. The van der Waals surface area contributed by atoms with Crippen LogP contribution >= 0.6 is 22.9 Å². The largest absolute Gasteiger partial charge is 0.313 e. The van der Waals surface area contributed by atoms with E-state index in [9.17, 15) is 9.59 Å². The summed E-state index contributed by atoms with van der Waals surface area (Å²) in [4.78, 5) is 26.9. The molecule has 3 aromatic rings. The second-order valence-electron chi connectivity index (χ2n) is 4.86. The minimum atomic E-state index is -0.200. The highest BCUT2D eigenvalue weighted by Gasteiger charge is 2.03. The molecule has 0 spiro atoms. The number of H-pyrrole nitrogens is 1. The molecule has 1 heterocycles. The predicted molar refractivity (Wildman–Crippen MR) is 94.4 cm³/mol. The Bertz CT molecular complexity index is 1000. The molecule has 0 saturated carbocycles. The Hall–Kier alpha value is -2.43. The van der Waals surface area contributed by atoms with Gasteiger partial charge in [-0.3, -0.25) is 9.59 Å². The van der Waals surface area contributed by atoms with Crippen molar-refractivity contribution in [1.82, 2.24) is 4.98 Å². The zero-order valence-corrected chi connectivity index (χ0v) is 13.5. The van der Waals surface area contributed by atoms with Crippen molar-refractivity contribution in [3.8, 4) is 0 Å². The first-order chi connectivity index (χ1) is 11.1. The molecule has 114 valence electrons. The second kappa shape index (κ2) is 6.77. The smallest absolute Gasteiger partial charge is 0.266 e. The number of carbonyl (C=O) groups is 1. The van der Waals surface area contributed by atoms with Crippen molar-refractivity contribution in [3.63, 3.8) is 0 Å². The molecule has 0 amide bonds. The molecule has 0 fully saturated rings. The third-order valence-electron chi connectivity index (χ3n) is 3.17. The Kier molecular flexibility index (Phi) is 4.55. The lowest BCUT2D eigenvalue weighted by molar-refractivity contribution is 0.106. The molecule has 23 heavy (non-hydrogen) atoms. The van der Waals surface area contributed by atoms with Gasteiger partial charge >= 0.3 is 0 Å². The maximum Gasteiger partial charge on any atom is 0.266 e. The standard InChI is InChI=1S/C18H12ClNO2S/c19-14-8-6-13(7-9-14)15(21)11-17-20-18(22)16(23-17)10-12-4-2-1-3-5-12/h1-11H,(H,20,22)/b16-10+,17-11+. The van der Waals surface area contributed by atoms with E-state index < -0.39 is 0 Å². The number of rotatable bonds is 3. The first-order valence-electron chi connectivity index (χ1n) is 6.89. The van der Waals surface area contributed by atoms with Gasteiger partial charge in [0.2, 0.25) is 0 Å². The molecule has 0 aliphatic rings. The van der Waals surface area contributed by atoms with Gasteiger partial charge in [0.1, 0.15) is 0 Å². The molecule has 1 aromatic heterocycles. The second-order valence-corrected chi connectivity index (χ2v) is 6.38. The maximum absolute atomic E-state index is 12.2. The average Bonchev–Trinajstić information content (AvgIpc) is 2.88. The monoisotopic (exact) mass is 341 g/mol. The van der Waals surface area contributed by atoms with Crippen LogP contribution in [0.2, 0.25) is 5.02 Å². The zero-order valence-electron chi connectivity index (χ0n) is 12.0.